The molecule has 1 aromatic carbocycles. The molecule has 0 spiro atoms. The van der Waals surface area contributed by atoms with E-state index >= 15 is 0 Å². The van der Waals surface area contributed by atoms with Gasteiger partial charge in [0.2, 0.25) is 5.91 Å². The molecule has 2 heterocycles. The molecule has 1 aliphatic rings. The lowest BCUT2D eigenvalue weighted by Crippen LogP contribution is -2.33. The second-order valence-corrected chi connectivity index (χ2v) is 6.27. The molecule has 0 radical (unpaired) electrons. The Morgan fingerprint density at radius 2 is 2.12 bits per heavy atom. The number of rotatable bonds is 4. The molecule has 2 aromatic rings. The van der Waals surface area contributed by atoms with Gasteiger partial charge in [0.05, 0.1) is 12.2 Å². The van der Waals surface area contributed by atoms with Gasteiger partial charge in [-0.15, -0.1) is 0 Å². The highest BCUT2D eigenvalue weighted by Crippen LogP contribution is 2.39. The molecule has 1 aromatic heterocycles. The molecule has 6 nitrogen and oxygen atoms in total. The zero-order valence-electron chi connectivity index (χ0n) is 13.8. The molecule has 0 fully saturated rings. The van der Waals surface area contributed by atoms with Crippen LogP contribution in [0.5, 0.6) is 5.75 Å². The number of hydrogen-bond donors (Lipinski definition) is 1. The van der Waals surface area contributed by atoms with Crippen molar-refractivity contribution in [2.24, 2.45) is 7.05 Å². The third kappa shape index (κ3) is 2.80. The van der Waals surface area contributed by atoms with Crippen LogP contribution in [0.4, 0.5) is 5.82 Å². The molecule has 1 aliphatic heterocycles. The average Bonchev–Trinajstić information content (AvgIpc) is 2.58. The molecule has 1 amide bonds. The summed E-state index contributed by atoms with van der Waals surface area (Å²) in [4.78, 5) is 29.0. The maximum absolute atomic E-state index is 12.6. The predicted molar refractivity (Wildman–Crippen MR) is 94.0 cm³/mol. The molecule has 0 saturated heterocycles. The Morgan fingerprint density at radius 3 is 2.83 bits per heavy atom. The fourth-order valence-electron chi connectivity index (χ4n) is 3.04. The minimum absolute atomic E-state index is 0.118. The molecule has 1 N–H and O–H groups in total. The van der Waals surface area contributed by atoms with E-state index < -0.39 is 0 Å². The topological polar surface area (TPSA) is 73.2 Å². The van der Waals surface area contributed by atoms with Crippen molar-refractivity contribution in [1.29, 1.82) is 0 Å². The van der Waals surface area contributed by atoms with Gasteiger partial charge in [0.1, 0.15) is 11.6 Å². The fraction of sp³-hybridized carbons (Fsp3) is 0.353. The van der Waals surface area contributed by atoms with Crippen LogP contribution in [0.1, 0.15) is 30.4 Å². The summed E-state index contributed by atoms with van der Waals surface area (Å²) in [7, 11) is 1.80. The number of carbonyl (C=O) groups is 1. The Kier molecular flexibility index (Phi) is 4.62. The summed E-state index contributed by atoms with van der Waals surface area (Å²) in [5.74, 6) is 0.735. The highest BCUT2D eigenvalue weighted by atomic mass is 32.2. The SMILES string of the molecule is CCOc1ccccc1[C@H]1CC(=O)Nc2c1c(=O)nc(SC)n2C. The molecule has 0 unspecified atom stereocenters. The first kappa shape index (κ1) is 16.6. The van der Waals surface area contributed by atoms with Gasteiger partial charge >= 0.3 is 0 Å². The smallest absolute Gasteiger partial charge is 0.279 e. The van der Waals surface area contributed by atoms with Crippen LogP contribution in [-0.2, 0) is 11.8 Å². The first-order valence-corrected chi connectivity index (χ1v) is 8.95. The van der Waals surface area contributed by atoms with Crippen LogP contribution in [0.25, 0.3) is 0 Å². The van der Waals surface area contributed by atoms with Gasteiger partial charge in [-0.3, -0.25) is 9.59 Å². The monoisotopic (exact) mass is 345 g/mol. The van der Waals surface area contributed by atoms with Gasteiger partial charge < -0.3 is 14.6 Å². The number of nitrogens with one attached hydrogen (secondary N) is 1. The van der Waals surface area contributed by atoms with Crippen LogP contribution < -0.4 is 15.6 Å². The number of para-hydroxylation sites is 1. The van der Waals surface area contributed by atoms with Gasteiger partial charge in [-0.1, -0.05) is 30.0 Å². The highest BCUT2D eigenvalue weighted by molar-refractivity contribution is 7.98. The van der Waals surface area contributed by atoms with Gasteiger partial charge in [-0.2, -0.15) is 4.98 Å². The molecule has 0 aliphatic carbocycles. The zero-order chi connectivity index (χ0) is 17.3. The highest BCUT2D eigenvalue weighted by Gasteiger charge is 2.33. The number of amides is 1. The van der Waals surface area contributed by atoms with Gasteiger partial charge in [-0.05, 0) is 19.2 Å². The lowest BCUT2D eigenvalue weighted by Gasteiger charge is -2.28. The summed E-state index contributed by atoms with van der Waals surface area (Å²) in [6, 6.07) is 7.53. The van der Waals surface area contributed by atoms with Crippen molar-refractivity contribution in [3.63, 3.8) is 0 Å². The second kappa shape index (κ2) is 6.68. The van der Waals surface area contributed by atoms with Crippen molar-refractivity contribution < 1.29 is 9.53 Å². The number of benzene rings is 1. The minimum atomic E-state index is -0.362. The van der Waals surface area contributed by atoms with Gasteiger partial charge in [-0.25, -0.2) is 0 Å². The van der Waals surface area contributed by atoms with E-state index in [2.05, 4.69) is 10.3 Å². The van der Waals surface area contributed by atoms with E-state index in [1.807, 2.05) is 37.4 Å². The molecular formula is C17H19N3O3S. The molecule has 1 atom stereocenters. The molecule has 0 bridgehead atoms. The Bertz CT molecular complexity index is 847. The number of anilines is 1. The van der Waals surface area contributed by atoms with E-state index in [9.17, 15) is 9.59 Å². The molecule has 24 heavy (non-hydrogen) atoms. The summed E-state index contributed by atoms with van der Waals surface area (Å²) in [5, 5.41) is 3.39. The van der Waals surface area contributed by atoms with E-state index in [0.717, 1.165) is 5.56 Å². The Hall–Kier alpha value is -2.28. The molecule has 0 saturated carbocycles. The van der Waals surface area contributed by atoms with Gasteiger partial charge in [0.15, 0.2) is 5.16 Å². The number of thioether (sulfide) groups is 1. The second-order valence-electron chi connectivity index (χ2n) is 5.50. The number of ether oxygens (including phenoxy) is 1. The van der Waals surface area contributed by atoms with Gasteiger partial charge in [0, 0.05) is 24.9 Å². The number of carbonyl (C=O) groups excluding carboxylic acids is 1. The molecule has 126 valence electrons. The third-order valence-corrected chi connectivity index (χ3v) is 4.81. The van der Waals surface area contributed by atoms with Crippen LogP contribution in [0, 0.1) is 0 Å². The summed E-state index contributed by atoms with van der Waals surface area (Å²) in [5.41, 5.74) is 1.05. The van der Waals surface area contributed by atoms with Crippen LogP contribution >= 0.6 is 11.8 Å². The number of nitrogens with zero attached hydrogens (tertiary/aromatic N) is 2. The minimum Gasteiger partial charge on any atom is -0.494 e. The normalized spacial score (nSPS) is 16.5. The van der Waals surface area contributed by atoms with Crippen molar-refractivity contribution >= 4 is 23.5 Å². The molecule has 3 rings (SSSR count). The van der Waals surface area contributed by atoms with Crippen molar-refractivity contribution in [3.8, 4) is 5.75 Å². The van der Waals surface area contributed by atoms with E-state index in [0.29, 0.717) is 28.9 Å². The number of hydrogen-bond acceptors (Lipinski definition) is 5. The Labute approximate surface area is 144 Å². The van der Waals surface area contributed by atoms with Crippen molar-refractivity contribution in [2.45, 2.75) is 24.4 Å². The summed E-state index contributed by atoms with van der Waals surface area (Å²) in [6.07, 6.45) is 2.05. The quantitative estimate of drug-likeness (QED) is 0.680. The first-order chi connectivity index (χ1) is 11.6. The standard InChI is InChI=1S/C17H19N3O3S/c1-4-23-12-8-6-5-7-10(12)11-9-13(21)18-15-14(11)16(22)19-17(24-3)20(15)2/h5-8,11H,4,9H2,1-3H3,(H,18,21)/t11-/m1/s1. The van der Waals surface area contributed by atoms with Crippen LogP contribution in [-0.4, -0.2) is 28.3 Å². The first-order valence-electron chi connectivity index (χ1n) is 7.73. The lowest BCUT2D eigenvalue weighted by molar-refractivity contribution is -0.116. The number of fused-ring (bicyclic) bond motifs is 1. The number of aromatic nitrogens is 2. The van der Waals surface area contributed by atoms with E-state index in [1.54, 1.807) is 11.6 Å². The average molecular weight is 345 g/mol. The van der Waals surface area contributed by atoms with Crippen molar-refractivity contribution in [1.82, 2.24) is 9.55 Å². The van der Waals surface area contributed by atoms with E-state index in [1.165, 1.54) is 11.8 Å². The maximum Gasteiger partial charge on any atom is 0.279 e. The van der Waals surface area contributed by atoms with E-state index in [4.69, 9.17) is 4.74 Å². The molecule has 7 heteroatoms. The Morgan fingerprint density at radius 1 is 1.38 bits per heavy atom. The van der Waals surface area contributed by atoms with Crippen LogP contribution in [0.15, 0.2) is 34.2 Å². The summed E-state index contributed by atoms with van der Waals surface area (Å²) in [6.45, 7) is 2.42. The third-order valence-electron chi connectivity index (χ3n) is 4.08. The summed E-state index contributed by atoms with van der Waals surface area (Å²) < 4.78 is 7.45. The van der Waals surface area contributed by atoms with Gasteiger partial charge in [0.25, 0.3) is 5.56 Å². The van der Waals surface area contributed by atoms with Crippen LogP contribution in [0.3, 0.4) is 0 Å². The molecular weight excluding hydrogens is 326 g/mol. The lowest BCUT2D eigenvalue weighted by atomic mass is 9.86. The maximum atomic E-state index is 12.6. The zero-order valence-corrected chi connectivity index (χ0v) is 14.6. The Balaban J connectivity index is 2.22. The predicted octanol–water partition coefficient (Wildman–Crippen LogP) is 2.38. The largest absolute Gasteiger partial charge is 0.494 e. The van der Waals surface area contributed by atoms with Crippen molar-refractivity contribution in [3.05, 3.63) is 45.7 Å². The summed E-state index contributed by atoms with van der Waals surface area (Å²) >= 11 is 1.37. The fourth-order valence-corrected chi connectivity index (χ4v) is 3.58. The van der Waals surface area contributed by atoms with Crippen molar-refractivity contribution in [2.75, 3.05) is 18.2 Å². The van der Waals surface area contributed by atoms with Crippen LogP contribution in [0.2, 0.25) is 0 Å². The van der Waals surface area contributed by atoms with E-state index in [-0.39, 0.29) is 23.8 Å².